The summed E-state index contributed by atoms with van der Waals surface area (Å²) in [5.41, 5.74) is 0.0317. The molecule has 1 aromatic rings. The number of hydrogen-bond acceptors (Lipinski definition) is 4. The minimum atomic E-state index is -1.17. The highest BCUT2D eigenvalue weighted by molar-refractivity contribution is 5.98. The van der Waals surface area contributed by atoms with Gasteiger partial charge >= 0.3 is 12.0 Å². The molecule has 2 N–H and O–H groups in total. The topological polar surface area (TPSA) is 91.8 Å². The van der Waals surface area contributed by atoms with Gasteiger partial charge in [-0.1, -0.05) is 6.92 Å². The van der Waals surface area contributed by atoms with E-state index < -0.39 is 5.97 Å². The first kappa shape index (κ1) is 15.2. The van der Waals surface area contributed by atoms with E-state index in [1.807, 2.05) is 13.8 Å². The maximum absolute atomic E-state index is 12.4. The van der Waals surface area contributed by atoms with Gasteiger partial charge in [0.05, 0.1) is 24.4 Å². The van der Waals surface area contributed by atoms with Crippen molar-refractivity contribution in [3.05, 3.63) is 24.0 Å². The molecule has 1 saturated heterocycles. The number of nitrogens with one attached hydrogen (secondary N) is 1. The van der Waals surface area contributed by atoms with Crippen LogP contribution in [0.25, 0.3) is 0 Å². The Balaban J connectivity index is 2.15. The third-order valence-electron chi connectivity index (χ3n) is 3.45. The zero-order valence-electron chi connectivity index (χ0n) is 12.1. The minimum absolute atomic E-state index is 0.00819. The van der Waals surface area contributed by atoms with Gasteiger partial charge in [0.25, 0.3) is 0 Å². The fraction of sp³-hybridized carbons (Fsp3) is 0.500. The van der Waals surface area contributed by atoms with E-state index in [2.05, 4.69) is 10.3 Å². The maximum Gasteiger partial charge on any atom is 0.356 e. The average Bonchev–Trinajstić information content (AvgIpc) is 2.47. The molecule has 7 heteroatoms. The number of urea groups is 1. The van der Waals surface area contributed by atoms with Crippen molar-refractivity contribution in [3.8, 4) is 0 Å². The fourth-order valence-corrected chi connectivity index (χ4v) is 2.29. The number of aromatic nitrogens is 1. The van der Waals surface area contributed by atoms with Crippen LogP contribution in [0.15, 0.2) is 18.3 Å². The molecule has 0 radical (unpaired) electrons. The zero-order valence-corrected chi connectivity index (χ0v) is 12.1. The molecule has 0 aliphatic carbocycles. The number of carbonyl (C=O) groups excluding carboxylic acids is 1. The Hall–Kier alpha value is -2.15. The SMILES string of the molecule is CCC1COC(C)CN1C(=O)Nc1cccnc1C(=O)O. The summed E-state index contributed by atoms with van der Waals surface area (Å²) < 4.78 is 5.55. The molecule has 0 aromatic carbocycles. The maximum atomic E-state index is 12.4. The van der Waals surface area contributed by atoms with Gasteiger partial charge < -0.3 is 20.1 Å². The number of carboxylic acid groups (broad SMARTS) is 1. The normalized spacial score (nSPS) is 21.9. The van der Waals surface area contributed by atoms with Gasteiger partial charge in [0, 0.05) is 12.7 Å². The van der Waals surface area contributed by atoms with Crippen LogP contribution in [-0.2, 0) is 4.74 Å². The number of carboxylic acids is 1. The van der Waals surface area contributed by atoms with Crippen LogP contribution in [0, 0.1) is 0 Å². The molecule has 2 rings (SSSR count). The number of amides is 2. The van der Waals surface area contributed by atoms with Crippen molar-refractivity contribution in [2.45, 2.75) is 32.4 Å². The van der Waals surface area contributed by atoms with E-state index in [1.165, 1.54) is 12.3 Å². The summed E-state index contributed by atoms with van der Waals surface area (Å²) in [6.07, 6.45) is 2.12. The van der Waals surface area contributed by atoms with Gasteiger partial charge in [0.2, 0.25) is 0 Å². The Morgan fingerprint density at radius 1 is 1.57 bits per heavy atom. The van der Waals surface area contributed by atoms with Crippen LogP contribution in [0.5, 0.6) is 0 Å². The molecule has 114 valence electrons. The molecule has 0 bridgehead atoms. The monoisotopic (exact) mass is 293 g/mol. The van der Waals surface area contributed by atoms with Crippen molar-refractivity contribution in [1.82, 2.24) is 9.88 Å². The van der Waals surface area contributed by atoms with Crippen LogP contribution >= 0.6 is 0 Å². The third kappa shape index (κ3) is 3.49. The lowest BCUT2D eigenvalue weighted by Gasteiger charge is -2.38. The molecule has 0 spiro atoms. The average molecular weight is 293 g/mol. The Morgan fingerprint density at radius 3 is 3.00 bits per heavy atom. The van der Waals surface area contributed by atoms with E-state index in [1.54, 1.807) is 11.0 Å². The van der Waals surface area contributed by atoms with E-state index in [-0.39, 0.29) is 29.6 Å². The molecule has 2 heterocycles. The number of anilines is 1. The molecule has 1 aliphatic rings. The largest absolute Gasteiger partial charge is 0.476 e. The van der Waals surface area contributed by atoms with Crippen molar-refractivity contribution < 1.29 is 19.4 Å². The van der Waals surface area contributed by atoms with Gasteiger partial charge in [-0.25, -0.2) is 14.6 Å². The zero-order chi connectivity index (χ0) is 15.4. The fourth-order valence-electron chi connectivity index (χ4n) is 2.29. The molecule has 21 heavy (non-hydrogen) atoms. The first-order valence-corrected chi connectivity index (χ1v) is 6.90. The summed E-state index contributed by atoms with van der Waals surface area (Å²) >= 11 is 0. The molecule has 7 nitrogen and oxygen atoms in total. The molecule has 0 saturated carbocycles. The highest BCUT2D eigenvalue weighted by Gasteiger charge is 2.30. The second-order valence-corrected chi connectivity index (χ2v) is 4.99. The number of ether oxygens (including phenoxy) is 1. The summed E-state index contributed by atoms with van der Waals surface area (Å²) in [4.78, 5) is 29.0. The lowest BCUT2D eigenvalue weighted by Crippen LogP contribution is -2.52. The van der Waals surface area contributed by atoms with Gasteiger partial charge in [-0.3, -0.25) is 0 Å². The second-order valence-electron chi connectivity index (χ2n) is 4.99. The Kier molecular flexibility index (Phi) is 4.74. The number of aromatic carboxylic acids is 1. The molecule has 1 aliphatic heterocycles. The van der Waals surface area contributed by atoms with Crippen LogP contribution in [0.4, 0.5) is 10.5 Å². The molecule has 1 fully saturated rings. The van der Waals surface area contributed by atoms with Gasteiger partial charge in [-0.15, -0.1) is 0 Å². The summed E-state index contributed by atoms with van der Waals surface area (Å²) in [5.74, 6) is -1.17. The van der Waals surface area contributed by atoms with Crippen LogP contribution in [0.1, 0.15) is 30.8 Å². The molecule has 2 amide bonds. The van der Waals surface area contributed by atoms with E-state index in [4.69, 9.17) is 9.84 Å². The molecular weight excluding hydrogens is 274 g/mol. The molecule has 2 atom stereocenters. The molecular formula is C14H19N3O4. The quantitative estimate of drug-likeness (QED) is 0.886. The Bertz CT molecular complexity index is 535. The number of rotatable bonds is 3. The standard InChI is InChI=1S/C14H19N3O4/c1-3-10-8-21-9(2)7-17(10)14(20)16-11-5-4-6-15-12(11)13(18)19/h4-6,9-10H,3,7-8H2,1-2H3,(H,16,20)(H,18,19). The van der Waals surface area contributed by atoms with E-state index >= 15 is 0 Å². The number of nitrogens with zero attached hydrogens (tertiary/aromatic N) is 2. The highest BCUT2D eigenvalue weighted by Crippen LogP contribution is 2.18. The van der Waals surface area contributed by atoms with E-state index in [0.29, 0.717) is 13.2 Å². The van der Waals surface area contributed by atoms with E-state index in [9.17, 15) is 9.59 Å². The first-order chi connectivity index (χ1) is 10.0. The third-order valence-corrected chi connectivity index (χ3v) is 3.45. The van der Waals surface area contributed by atoms with Gasteiger partial charge in [-0.05, 0) is 25.5 Å². The summed E-state index contributed by atoms with van der Waals surface area (Å²) in [6.45, 7) is 4.85. The van der Waals surface area contributed by atoms with E-state index in [0.717, 1.165) is 6.42 Å². The number of hydrogen-bond donors (Lipinski definition) is 2. The van der Waals surface area contributed by atoms with Gasteiger partial charge in [0.15, 0.2) is 5.69 Å². The van der Waals surface area contributed by atoms with Gasteiger partial charge in [-0.2, -0.15) is 0 Å². The van der Waals surface area contributed by atoms with Crippen LogP contribution in [0.2, 0.25) is 0 Å². The molecule has 1 aromatic heterocycles. The predicted molar refractivity (Wildman–Crippen MR) is 76.4 cm³/mol. The Labute approximate surface area is 122 Å². The van der Waals surface area contributed by atoms with Crippen LogP contribution in [-0.4, -0.2) is 52.3 Å². The van der Waals surface area contributed by atoms with Crippen molar-refractivity contribution >= 4 is 17.7 Å². The first-order valence-electron chi connectivity index (χ1n) is 6.90. The number of carbonyl (C=O) groups is 2. The van der Waals surface area contributed by atoms with Crippen LogP contribution < -0.4 is 5.32 Å². The summed E-state index contributed by atoms with van der Waals surface area (Å²) in [5, 5.41) is 11.7. The smallest absolute Gasteiger partial charge is 0.356 e. The van der Waals surface area contributed by atoms with Crippen LogP contribution in [0.3, 0.4) is 0 Å². The Morgan fingerprint density at radius 2 is 2.33 bits per heavy atom. The molecule has 2 unspecified atom stereocenters. The second kappa shape index (κ2) is 6.53. The predicted octanol–water partition coefficient (Wildman–Crippen LogP) is 1.81. The van der Waals surface area contributed by atoms with Crippen molar-refractivity contribution in [2.24, 2.45) is 0 Å². The highest BCUT2D eigenvalue weighted by atomic mass is 16.5. The van der Waals surface area contributed by atoms with Crippen molar-refractivity contribution in [3.63, 3.8) is 0 Å². The summed E-state index contributed by atoms with van der Waals surface area (Å²) in [6, 6.07) is 2.78. The lowest BCUT2D eigenvalue weighted by atomic mass is 10.1. The number of morpholine rings is 1. The lowest BCUT2D eigenvalue weighted by molar-refractivity contribution is -0.0357. The minimum Gasteiger partial charge on any atom is -0.476 e. The summed E-state index contributed by atoms with van der Waals surface area (Å²) in [7, 11) is 0. The van der Waals surface area contributed by atoms with Crippen molar-refractivity contribution in [1.29, 1.82) is 0 Å². The van der Waals surface area contributed by atoms with Gasteiger partial charge in [0.1, 0.15) is 0 Å². The van der Waals surface area contributed by atoms with Crippen molar-refractivity contribution in [2.75, 3.05) is 18.5 Å². The number of pyridine rings is 1.